The van der Waals surface area contributed by atoms with Gasteiger partial charge in [0.15, 0.2) is 0 Å². The first kappa shape index (κ1) is 15.3. The van der Waals surface area contributed by atoms with Gasteiger partial charge in [0.25, 0.3) is 0 Å². The first-order valence-electron chi connectivity index (χ1n) is 7.13. The van der Waals surface area contributed by atoms with E-state index in [1.807, 2.05) is 12.1 Å². The Kier molecular flexibility index (Phi) is 5.18. The van der Waals surface area contributed by atoms with Gasteiger partial charge in [0, 0.05) is 25.1 Å². The quantitative estimate of drug-likeness (QED) is 0.869. The second-order valence-corrected chi connectivity index (χ2v) is 5.46. The Morgan fingerprint density at radius 1 is 1.57 bits per heavy atom. The van der Waals surface area contributed by atoms with Gasteiger partial charge in [-0.15, -0.1) is 0 Å². The Morgan fingerprint density at radius 2 is 2.38 bits per heavy atom. The lowest BCUT2D eigenvalue weighted by atomic mass is 10.0. The van der Waals surface area contributed by atoms with Crippen LogP contribution in [0.15, 0.2) is 18.2 Å². The molecule has 0 spiro atoms. The van der Waals surface area contributed by atoms with Crippen molar-refractivity contribution in [1.82, 2.24) is 4.90 Å². The lowest BCUT2D eigenvalue weighted by molar-refractivity contribution is -0.137. The van der Waals surface area contributed by atoms with E-state index < -0.39 is 5.97 Å². The van der Waals surface area contributed by atoms with Crippen molar-refractivity contribution in [2.24, 2.45) is 5.92 Å². The zero-order chi connectivity index (χ0) is 15.2. The molecule has 1 aromatic rings. The van der Waals surface area contributed by atoms with Crippen molar-refractivity contribution in [2.75, 3.05) is 20.2 Å². The molecule has 1 aliphatic rings. The second-order valence-electron chi connectivity index (χ2n) is 5.46. The first-order chi connectivity index (χ1) is 10.1. The molecule has 1 aliphatic heterocycles. The lowest BCUT2D eigenvalue weighted by Crippen LogP contribution is -2.20. The number of rotatable bonds is 6. The van der Waals surface area contributed by atoms with E-state index in [2.05, 4.69) is 11.0 Å². The fourth-order valence-electron chi connectivity index (χ4n) is 2.83. The van der Waals surface area contributed by atoms with E-state index in [1.54, 1.807) is 13.2 Å². The number of likely N-dealkylation sites (tertiary alicyclic amines) is 1. The number of hydrogen-bond acceptors (Lipinski definition) is 4. The molecule has 1 N–H and O–H groups in total. The summed E-state index contributed by atoms with van der Waals surface area (Å²) in [5, 5.41) is 17.7. The van der Waals surface area contributed by atoms with Crippen molar-refractivity contribution in [3.63, 3.8) is 0 Å². The van der Waals surface area contributed by atoms with E-state index in [1.165, 1.54) is 0 Å². The molecule has 1 heterocycles. The Hall–Kier alpha value is -2.06. The maximum atomic E-state index is 10.6. The number of benzene rings is 1. The van der Waals surface area contributed by atoms with Crippen LogP contribution < -0.4 is 4.74 Å². The molecule has 2 rings (SSSR count). The van der Waals surface area contributed by atoms with Crippen LogP contribution in [0.4, 0.5) is 0 Å². The highest BCUT2D eigenvalue weighted by Crippen LogP contribution is 2.26. The molecule has 1 fully saturated rings. The smallest absolute Gasteiger partial charge is 0.303 e. The topological polar surface area (TPSA) is 73.6 Å². The molecule has 1 saturated heterocycles. The number of hydrogen-bond donors (Lipinski definition) is 1. The van der Waals surface area contributed by atoms with Crippen LogP contribution in [0.3, 0.4) is 0 Å². The van der Waals surface area contributed by atoms with E-state index in [-0.39, 0.29) is 6.42 Å². The van der Waals surface area contributed by atoms with Gasteiger partial charge in [-0.05, 0) is 43.5 Å². The van der Waals surface area contributed by atoms with E-state index in [0.29, 0.717) is 11.5 Å². The van der Waals surface area contributed by atoms with Gasteiger partial charge in [-0.2, -0.15) is 5.26 Å². The van der Waals surface area contributed by atoms with Crippen molar-refractivity contribution >= 4 is 5.97 Å². The molecule has 0 bridgehead atoms. The highest BCUT2D eigenvalue weighted by atomic mass is 16.5. The summed E-state index contributed by atoms with van der Waals surface area (Å²) in [6.07, 6.45) is 2.01. The molecule has 0 amide bonds. The van der Waals surface area contributed by atoms with E-state index in [9.17, 15) is 4.79 Å². The summed E-state index contributed by atoms with van der Waals surface area (Å²) < 4.78 is 5.35. The van der Waals surface area contributed by atoms with Crippen LogP contribution >= 0.6 is 0 Å². The average molecular weight is 288 g/mol. The van der Waals surface area contributed by atoms with Gasteiger partial charge in [0.05, 0.1) is 18.7 Å². The van der Waals surface area contributed by atoms with Crippen LogP contribution in [0.25, 0.3) is 0 Å². The molecule has 21 heavy (non-hydrogen) atoms. The van der Waals surface area contributed by atoms with Crippen LogP contribution in [-0.2, 0) is 11.3 Å². The van der Waals surface area contributed by atoms with Crippen LogP contribution in [0.2, 0.25) is 0 Å². The average Bonchev–Trinajstić information content (AvgIpc) is 2.92. The Labute approximate surface area is 124 Å². The Morgan fingerprint density at radius 3 is 3.05 bits per heavy atom. The van der Waals surface area contributed by atoms with Gasteiger partial charge in [0.2, 0.25) is 0 Å². The molecule has 0 aliphatic carbocycles. The van der Waals surface area contributed by atoms with Gasteiger partial charge in [-0.25, -0.2) is 0 Å². The zero-order valence-electron chi connectivity index (χ0n) is 12.2. The number of ether oxygens (including phenoxy) is 1. The normalized spacial score (nSPS) is 18.4. The van der Waals surface area contributed by atoms with Gasteiger partial charge < -0.3 is 9.84 Å². The third-order valence-electron chi connectivity index (χ3n) is 3.94. The van der Waals surface area contributed by atoms with Gasteiger partial charge >= 0.3 is 5.97 Å². The fourth-order valence-corrected chi connectivity index (χ4v) is 2.83. The SMILES string of the molecule is COc1ccc(C#N)cc1CN1CCC(CCC(=O)O)C1. The number of carbonyl (C=O) groups is 1. The lowest BCUT2D eigenvalue weighted by Gasteiger charge is -2.18. The molecule has 1 aromatic carbocycles. The summed E-state index contributed by atoms with van der Waals surface area (Å²) >= 11 is 0. The highest BCUT2D eigenvalue weighted by Gasteiger charge is 2.23. The van der Waals surface area contributed by atoms with Crippen molar-refractivity contribution in [2.45, 2.75) is 25.8 Å². The van der Waals surface area contributed by atoms with E-state index in [4.69, 9.17) is 15.1 Å². The minimum Gasteiger partial charge on any atom is -0.496 e. The predicted octanol–water partition coefficient (Wildman–Crippen LogP) is 2.25. The largest absolute Gasteiger partial charge is 0.496 e. The summed E-state index contributed by atoms with van der Waals surface area (Å²) in [4.78, 5) is 12.9. The van der Waals surface area contributed by atoms with Crippen LogP contribution in [-0.4, -0.2) is 36.2 Å². The Balaban J connectivity index is 1.96. The summed E-state index contributed by atoms with van der Waals surface area (Å²) in [7, 11) is 1.63. The molecule has 0 saturated carbocycles. The second kappa shape index (κ2) is 7.09. The molecule has 112 valence electrons. The zero-order valence-corrected chi connectivity index (χ0v) is 12.2. The third kappa shape index (κ3) is 4.20. The van der Waals surface area contributed by atoms with Crippen molar-refractivity contribution in [3.05, 3.63) is 29.3 Å². The van der Waals surface area contributed by atoms with Crippen LogP contribution in [0, 0.1) is 17.2 Å². The van der Waals surface area contributed by atoms with Crippen LogP contribution in [0.5, 0.6) is 5.75 Å². The van der Waals surface area contributed by atoms with E-state index >= 15 is 0 Å². The summed E-state index contributed by atoms with van der Waals surface area (Å²) in [5.41, 5.74) is 1.64. The fraction of sp³-hybridized carbons (Fsp3) is 0.500. The molecule has 5 heteroatoms. The maximum Gasteiger partial charge on any atom is 0.303 e. The number of carboxylic acids is 1. The Bertz CT molecular complexity index is 551. The number of methoxy groups -OCH3 is 1. The predicted molar refractivity (Wildman–Crippen MR) is 78.0 cm³/mol. The molecule has 0 radical (unpaired) electrons. The number of carboxylic acid groups (broad SMARTS) is 1. The van der Waals surface area contributed by atoms with Crippen LogP contribution in [0.1, 0.15) is 30.4 Å². The molecular weight excluding hydrogens is 268 g/mol. The number of aliphatic carboxylic acids is 1. The monoisotopic (exact) mass is 288 g/mol. The molecule has 1 atom stereocenters. The third-order valence-corrected chi connectivity index (χ3v) is 3.94. The standard InChI is InChI=1S/C16H20N2O3/c1-21-15-4-2-13(9-17)8-14(15)11-18-7-6-12(10-18)3-5-16(19)20/h2,4,8,12H,3,5-7,10-11H2,1H3,(H,19,20). The van der Waals surface area contributed by atoms with E-state index in [0.717, 1.165) is 43.8 Å². The van der Waals surface area contributed by atoms with Gasteiger partial charge in [-0.3, -0.25) is 9.69 Å². The molecular formula is C16H20N2O3. The van der Waals surface area contributed by atoms with Crippen molar-refractivity contribution < 1.29 is 14.6 Å². The first-order valence-corrected chi connectivity index (χ1v) is 7.13. The van der Waals surface area contributed by atoms with Crippen molar-refractivity contribution in [1.29, 1.82) is 5.26 Å². The highest BCUT2D eigenvalue weighted by molar-refractivity contribution is 5.66. The molecule has 0 aromatic heterocycles. The number of nitriles is 1. The molecule has 5 nitrogen and oxygen atoms in total. The summed E-state index contributed by atoms with van der Waals surface area (Å²) in [5.74, 6) is 0.520. The minimum absolute atomic E-state index is 0.242. The van der Waals surface area contributed by atoms with Gasteiger partial charge in [-0.1, -0.05) is 0 Å². The summed E-state index contributed by atoms with van der Waals surface area (Å²) in [6, 6.07) is 7.59. The van der Waals surface area contributed by atoms with Crippen molar-refractivity contribution in [3.8, 4) is 11.8 Å². The minimum atomic E-state index is -0.725. The number of nitrogens with zero attached hydrogens (tertiary/aromatic N) is 2. The van der Waals surface area contributed by atoms with Gasteiger partial charge in [0.1, 0.15) is 5.75 Å². The molecule has 1 unspecified atom stereocenters. The summed E-state index contributed by atoms with van der Waals surface area (Å²) in [6.45, 7) is 2.61. The maximum absolute atomic E-state index is 10.6.